The molecule has 124 valence electrons. The monoisotopic (exact) mass is 331 g/mol. The molecule has 0 spiro atoms. The van der Waals surface area contributed by atoms with E-state index in [0.29, 0.717) is 18.5 Å². The number of methoxy groups -OCH3 is 1. The molecular weight excluding hydrogens is 316 g/mol. The second-order valence-electron chi connectivity index (χ2n) is 5.51. The van der Waals surface area contributed by atoms with Gasteiger partial charge in [-0.3, -0.25) is 9.69 Å². The van der Waals surface area contributed by atoms with Gasteiger partial charge in [-0.1, -0.05) is 18.2 Å². The minimum Gasteiger partial charge on any atom is -0.467 e. The van der Waals surface area contributed by atoms with Crippen LogP contribution in [0.4, 0.5) is 14.5 Å². The highest BCUT2D eigenvalue weighted by molar-refractivity contribution is 6.10. The van der Waals surface area contributed by atoms with Crippen molar-refractivity contribution in [2.75, 3.05) is 12.0 Å². The molecule has 2 aromatic carbocycles. The topological polar surface area (TPSA) is 46.6 Å². The summed E-state index contributed by atoms with van der Waals surface area (Å²) in [4.78, 5) is 26.3. The molecule has 1 atom stereocenters. The number of para-hydroxylation sites is 1. The van der Waals surface area contributed by atoms with Gasteiger partial charge in [-0.25, -0.2) is 13.6 Å². The summed E-state index contributed by atoms with van der Waals surface area (Å²) in [6.45, 7) is 0. The van der Waals surface area contributed by atoms with Crippen molar-refractivity contribution in [3.8, 4) is 0 Å². The normalized spacial score (nSPS) is 16.5. The van der Waals surface area contributed by atoms with Gasteiger partial charge in [0.1, 0.15) is 6.04 Å². The predicted molar refractivity (Wildman–Crippen MR) is 83.7 cm³/mol. The molecule has 4 nitrogen and oxygen atoms in total. The zero-order valence-electron chi connectivity index (χ0n) is 13.0. The number of benzene rings is 2. The van der Waals surface area contributed by atoms with E-state index in [-0.39, 0.29) is 5.56 Å². The average molecular weight is 331 g/mol. The number of anilines is 1. The number of halogens is 2. The lowest BCUT2D eigenvalue weighted by Crippen LogP contribution is -2.48. The number of carbonyl (C=O) groups is 2. The Morgan fingerprint density at radius 3 is 2.58 bits per heavy atom. The highest BCUT2D eigenvalue weighted by Gasteiger charge is 2.36. The van der Waals surface area contributed by atoms with Crippen molar-refractivity contribution in [3.05, 3.63) is 65.2 Å². The summed E-state index contributed by atoms with van der Waals surface area (Å²) in [6, 6.07) is 9.32. The van der Waals surface area contributed by atoms with Gasteiger partial charge in [-0.2, -0.15) is 0 Å². The van der Waals surface area contributed by atoms with Gasteiger partial charge in [0, 0.05) is 11.3 Å². The molecule has 1 aliphatic heterocycles. The summed E-state index contributed by atoms with van der Waals surface area (Å²) < 4.78 is 31.4. The fraction of sp³-hybridized carbons (Fsp3) is 0.222. The van der Waals surface area contributed by atoms with Crippen LogP contribution in [-0.4, -0.2) is 25.0 Å². The van der Waals surface area contributed by atoms with Crippen LogP contribution >= 0.6 is 0 Å². The van der Waals surface area contributed by atoms with Gasteiger partial charge in [-0.15, -0.1) is 0 Å². The molecule has 0 N–H and O–H groups in total. The third-order valence-corrected chi connectivity index (χ3v) is 4.11. The number of carbonyl (C=O) groups excluding carboxylic acids is 2. The highest BCUT2D eigenvalue weighted by atomic mass is 19.2. The lowest BCUT2D eigenvalue weighted by Gasteiger charge is -2.35. The fourth-order valence-corrected chi connectivity index (χ4v) is 2.92. The quantitative estimate of drug-likeness (QED) is 0.795. The van der Waals surface area contributed by atoms with E-state index >= 15 is 0 Å². The lowest BCUT2D eigenvalue weighted by atomic mass is 9.94. The van der Waals surface area contributed by atoms with Crippen LogP contribution in [0.25, 0.3) is 0 Å². The summed E-state index contributed by atoms with van der Waals surface area (Å²) in [6.07, 6.45) is 1.02. The van der Waals surface area contributed by atoms with E-state index in [4.69, 9.17) is 4.74 Å². The van der Waals surface area contributed by atoms with Crippen molar-refractivity contribution in [2.24, 2.45) is 0 Å². The van der Waals surface area contributed by atoms with Crippen LogP contribution < -0.4 is 4.90 Å². The second-order valence-corrected chi connectivity index (χ2v) is 5.51. The van der Waals surface area contributed by atoms with Crippen LogP contribution in [0.2, 0.25) is 0 Å². The van der Waals surface area contributed by atoms with Crippen LogP contribution in [0.5, 0.6) is 0 Å². The van der Waals surface area contributed by atoms with Gasteiger partial charge >= 0.3 is 5.97 Å². The molecule has 0 radical (unpaired) electrons. The van der Waals surface area contributed by atoms with E-state index in [1.165, 1.54) is 18.1 Å². The molecule has 0 aliphatic carbocycles. The number of nitrogens with zero attached hydrogens (tertiary/aromatic N) is 1. The number of rotatable bonds is 2. The maximum atomic E-state index is 13.5. The maximum absolute atomic E-state index is 13.5. The summed E-state index contributed by atoms with van der Waals surface area (Å²) in [5.41, 5.74) is 1.46. The first-order valence-corrected chi connectivity index (χ1v) is 7.47. The van der Waals surface area contributed by atoms with Crippen LogP contribution in [-0.2, 0) is 16.0 Å². The van der Waals surface area contributed by atoms with E-state index in [1.54, 1.807) is 12.1 Å². The van der Waals surface area contributed by atoms with Crippen molar-refractivity contribution in [1.82, 2.24) is 0 Å². The Morgan fingerprint density at radius 2 is 1.88 bits per heavy atom. The Hall–Kier alpha value is -2.76. The van der Waals surface area contributed by atoms with E-state index in [1.807, 2.05) is 12.1 Å². The van der Waals surface area contributed by atoms with E-state index < -0.39 is 29.6 Å². The van der Waals surface area contributed by atoms with Gasteiger partial charge in [-0.05, 0) is 42.7 Å². The lowest BCUT2D eigenvalue weighted by molar-refractivity contribution is -0.142. The molecule has 1 amide bonds. The first kappa shape index (κ1) is 16.1. The molecule has 1 heterocycles. The Morgan fingerprint density at radius 1 is 1.12 bits per heavy atom. The summed E-state index contributed by atoms with van der Waals surface area (Å²) in [5.74, 6) is -3.26. The molecule has 1 aliphatic rings. The van der Waals surface area contributed by atoms with E-state index in [2.05, 4.69) is 0 Å². The minimum atomic E-state index is -1.11. The molecule has 0 aromatic heterocycles. The number of amides is 1. The van der Waals surface area contributed by atoms with Gasteiger partial charge in [0.25, 0.3) is 5.91 Å². The Balaban J connectivity index is 2.07. The molecule has 0 fully saturated rings. The van der Waals surface area contributed by atoms with E-state index in [0.717, 1.165) is 17.7 Å². The fourth-order valence-electron chi connectivity index (χ4n) is 2.92. The summed E-state index contributed by atoms with van der Waals surface area (Å²) in [7, 11) is 1.25. The summed E-state index contributed by atoms with van der Waals surface area (Å²) >= 11 is 0. The molecule has 0 bridgehead atoms. The van der Waals surface area contributed by atoms with Crippen molar-refractivity contribution in [2.45, 2.75) is 18.9 Å². The molecule has 6 heteroatoms. The third kappa shape index (κ3) is 2.75. The van der Waals surface area contributed by atoms with Crippen molar-refractivity contribution >= 4 is 17.6 Å². The molecule has 2 aromatic rings. The standard InChI is InChI=1S/C18H15F2NO3/c1-24-18(23)16-9-7-11-4-2-3-5-15(11)21(16)17(22)12-6-8-13(19)14(20)10-12/h2-6,8,10,16H,7,9H2,1H3/t16-/m1/s1. The van der Waals surface area contributed by atoms with Gasteiger partial charge < -0.3 is 4.74 Å². The molecule has 24 heavy (non-hydrogen) atoms. The zero-order valence-corrected chi connectivity index (χ0v) is 13.0. The van der Waals surface area contributed by atoms with Gasteiger partial charge in [0.2, 0.25) is 0 Å². The van der Waals surface area contributed by atoms with Gasteiger partial charge in [0.15, 0.2) is 11.6 Å². The minimum absolute atomic E-state index is 0.0282. The molecular formula is C18H15F2NO3. The maximum Gasteiger partial charge on any atom is 0.328 e. The smallest absolute Gasteiger partial charge is 0.328 e. The number of ether oxygens (including phenoxy) is 1. The zero-order chi connectivity index (χ0) is 17.3. The highest BCUT2D eigenvalue weighted by Crippen LogP contribution is 2.32. The predicted octanol–water partition coefficient (Wildman–Crippen LogP) is 3.10. The third-order valence-electron chi connectivity index (χ3n) is 4.11. The second kappa shape index (κ2) is 6.39. The molecule has 0 unspecified atom stereocenters. The van der Waals surface area contributed by atoms with Crippen molar-refractivity contribution < 1.29 is 23.1 Å². The number of esters is 1. The van der Waals surface area contributed by atoms with Gasteiger partial charge in [0.05, 0.1) is 7.11 Å². The Kier molecular flexibility index (Phi) is 4.29. The Labute approximate surface area is 137 Å². The largest absolute Gasteiger partial charge is 0.467 e. The SMILES string of the molecule is COC(=O)[C@H]1CCc2ccccc2N1C(=O)c1ccc(F)c(F)c1. The van der Waals surface area contributed by atoms with Crippen molar-refractivity contribution in [1.29, 1.82) is 0 Å². The van der Waals surface area contributed by atoms with Crippen LogP contribution in [0.15, 0.2) is 42.5 Å². The number of hydrogen-bond donors (Lipinski definition) is 0. The first-order chi connectivity index (χ1) is 11.5. The first-order valence-electron chi connectivity index (χ1n) is 7.47. The average Bonchev–Trinajstić information content (AvgIpc) is 2.61. The van der Waals surface area contributed by atoms with Crippen LogP contribution in [0.1, 0.15) is 22.3 Å². The van der Waals surface area contributed by atoms with Crippen LogP contribution in [0, 0.1) is 11.6 Å². The molecule has 0 saturated heterocycles. The molecule has 3 rings (SSSR count). The summed E-state index contributed by atoms with van der Waals surface area (Å²) in [5, 5.41) is 0. The number of fused-ring (bicyclic) bond motifs is 1. The molecule has 0 saturated carbocycles. The Bertz CT molecular complexity index is 807. The number of hydrogen-bond acceptors (Lipinski definition) is 3. The van der Waals surface area contributed by atoms with Crippen molar-refractivity contribution in [3.63, 3.8) is 0 Å². The van der Waals surface area contributed by atoms with E-state index in [9.17, 15) is 18.4 Å². The number of aryl methyl sites for hydroxylation is 1. The van der Waals surface area contributed by atoms with Crippen LogP contribution in [0.3, 0.4) is 0 Å².